The van der Waals surface area contributed by atoms with Gasteiger partial charge in [0.2, 0.25) is 0 Å². The van der Waals surface area contributed by atoms with Gasteiger partial charge in [-0.1, -0.05) is 42.5 Å². The number of para-hydroxylation sites is 2. The molecule has 0 saturated heterocycles. The molecule has 0 fully saturated rings. The quantitative estimate of drug-likeness (QED) is 0.294. The molecule has 27 heavy (non-hydrogen) atoms. The van der Waals surface area contributed by atoms with E-state index in [-0.39, 0.29) is 18.2 Å². The van der Waals surface area contributed by atoms with Crippen molar-refractivity contribution in [1.82, 2.24) is 0 Å². The van der Waals surface area contributed by atoms with E-state index in [1.165, 1.54) is 6.07 Å². The second-order valence-electron chi connectivity index (χ2n) is 5.66. The van der Waals surface area contributed by atoms with Gasteiger partial charge < -0.3 is 15.8 Å². The van der Waals surface area contributed by atoms with Crippen LogP contribution < -0.4 is 15.8 Å². The smallest absolute Gasteiger partial charge is 0.274 e. The van der Waals surface area contributed by atoms with E-state index in [0.29, 0.717) is 17.0 Å². The number of nitro groups is 1. The standard InChI is InChI=1S/C20H18N4O3/c21-20(22-14-15-7-4-5-12-19(15)24(25)26)23-16-8-6-11-18(13-16)27-17-9-2-1-3-10-17/h1-13H,14H2,(H3,21,22,23). The number of benzene rings is 3. The Labute approximate surface area is 156 Å². The van der Waals surface area contributed by atoms with Crippen molar-refractivity contribution in [1.29, 1.82) is 0 Å². The molecule has 0 unspecified atom stereocenters. The average molecular weight is 362 g/mol. The molecule has 0 radical (unpaired) electrons. The minimum absolute atomic E-state index is 0.0207. The molecule has 0 aliphatic rings. The zero-order valence-corrected chi connectivity index (χ0v) is 14.4. The van der Waals surface area contributed by atoms with Gasteiger partial charge >= 0.3 is 0 Å². The van der Waals surface area contributed by atoms with Gasteiger partial charge in [0.05, 0.1) is 17.0 Å². The summed E-state index contributed by atoms with van der Waals surface area (Å²) in [5, 5.41) is 14.0. The van der Waals surface area contributed by atoms with Gasteiger partial charge in [0.15, 0.2) is 5.96 Å². The van der Waals surface area contributed by atoms with Crippen LogP contribution in [0, 0.1) is 10.1 Å². The number of anilines is 1. The van der Waals surface area contributed by atoms with E-state index in [2.05, 4.69) is 10.3 Å². The molecule has 0 aliphatic heterocycles. The predicted octanol–water partition coefficient (Wildman–Crippen LogP) is 4.31. The number of nitrogens with one attached hydrogen (secondary N) is 1. The number of aliphatic imine (C=N–C) groups is 1. The van der Waals surface area contributed by atoms with Crippen LogP contribution in [-0.4, -0.2) is 10.9 Å². The lowest BCUT2D eigenvalue weighted by Gasteiger charge is -2.09. The van der Waals surface area contributed by atoms with E-state index >= 15 is 0 Å². The van der Waals surface area contributed by atoms with Gasteiger partial charge in [0.25, 0.3) is 5.69 Å². The van der Waals surface area contributed by atoms with Crippen molar-refractivity contribution in [3.8, 4) is 11.5 Å². The second-order valence-corrected chi connectivity index (χ2v) is 5.66. The van der Waals surface area contributed by atoms with Crippen molar-refractivity contribution in [2.75, 3.05) is 5.32 Å². The summed E-state index contributed by atoms with van der Waals surface area (Å²) in [5.74, 6) is 1.54. The summed E-state index contributed by atoms with van der Waals surface area (Å²) in [5.41, 5.74) is 7.13. The van der Waals surface area contributed by atoms with Crippen molar-refractivity contribution in [2.45, 2.75) is 6.54 Å². The summed E-state index contributed by atoms with van der Waals surface area (Å²) in [4.78, 5) is 14.8. The molecule has 3 aromatic rings. The SMILES string of the molecule is NC(=NCc1ccccc1[N+](=O)[O-])Nc1cccc(Oc2ccccc2)c1. The van der Waals surface area contributed by atoms with Crippen LogP contribution in [0.2, 0.25) is 0 Å². The molecule has 3 rings (SSSR count). The highest BCUT2D eigenvalue weighted by Gasteiger charge is 2.11. The summed E-state index contributed by atoms with van der Waals surface area (Å²) in [7, 11) is 0. The molecule has 0 atom stereocenters. The Morgan fingerprint density at radius 3 is 2.48 bits per heavy atom. The fourth-order valence-electron chi connectivity index (χ4n) is 2.44. The summed E-state index contributed by atoms with van der Waals surface area (Å²) in [6.07, 6.45) is 0. The monoisotopic (exact) mass is 362 g/mol. The molecule has 0 aromatic heterocycles. The van der Waals surface area contributed by atoms with Crippen LogP contribution in [0.4, 0.5) is 11.4 Å². The van der Waals surface area contributed by atoms with Crippen molar-refractivity contribution in [3.63, 3.8) is 0 Å². The molecular weight excluding hydrogens is 344 g/mol. The summed E-state index contributed by atoms with van der Waals surface area (Å²) in [6, 6.07) is 23.2. The summed E-state index contributed by atoms with van der Waals surface area (Å²) >= 11 is 0. The Morgan fingerprint density at radius 1 is 1.00 bits per heavy atom. The van der Waals surface area contributed by atoms with E-state index in [1.807, 2.05) is 48.5 Å². The lowest BCUT2D eigenvalue weighted by molar-refractivity contribution is -0.385. The summed E-state index contributed by atoms with van der Waals surface area (Å²) in [6.45, 7) is 0.107. The molecular formula is C20H18N4O3. The lowest BCUT2D eigenvalue weighted by atomic mass is 10.2. The molecule has 0 spiro atoms. The highest BCUT2D eigenvalue weighted by molar-refractivity contribution is 5.92. The minimum Gasteiger partial charge on any atom is -0.457 e. The van der Waals surface area contributed by atoms with Crippen LogP contribution in [0.1, 0.15) is 5.56 Å². The summed E-state index contributed by atoms with van der Waals surface area (Å²) < 4.78 is 5.78. The zero-order chi connectivity index (χ0) is 19.1. The highest BCUT2D eigenvalue weighted by atomic mass is 16.6. The van der Waals surface area contributed by atoms with Crippen LogP contribution in [0.25, 0.3) is 0 Å². The van der Waals surface area contributed by atoms with Crippen molar-refractivity contribution >= 4 is 17.3 Å². The molecule has 7 nitrogen and oxygen atoms in total. The second kappa shape index (κ2) is 8.48. The normalized spacial score (nSPS) is 11.0. The largest absolute Gasteiger partial charge is 0.457 e. The third kappa shape index (κ3) is 5.05. The third-order valence-electron chi connectivity index (χ3n) is 3.69. The Balaban J connectivity index is 1.67. The van der Waals surface area contributed by atoms with E-state index in [4.69, 9.17) is 10.5 Å². The minimum atomic E-state index is -0.432. The fraction of sp³-hybridized carbons (Fsp3) is 0.0500. The van der Waals surface area contributed by atoms with Crippen LogP contribution in [-0.2, 0) is 6.54 Å². The molecule has 0 bridgehead atoms. The van der Waals surface area contributed by atoms with Gasteiger partial charge in [-0.05, 0) is 24.3 Å². The van der Waals surface area contributed by atoms with Gasteiger partial charge in [0.1, 0.15) is 11.5 Å². The van der Waals surface area contributed by atoms with Crippen molar-refractivity contribution in [2.24, 2.45) is 10.7 Å². The lowest BCUT2D eigenvalue weighted by Crippen LogP contribution is -2.22. The molecule has 0 amide bonds. The van der Waals surface area contributed by atoms with Crippen LogP contribution in [0.5, 0.6) is 11.5 Å². The first-order chi connectivity index (χ1) is 13.1. The van der Waals surface area contributed by atoms with Crippen LogP contribution in [0.3, 0.4) is 0 Å². The van der Waals surface area contributed by atoms with E-state index in [0.717, 1.165) is 5.75 Å². The van der Waals surface area contributed by atoms with Gasteiger partial charge in [-0.3, -0.25) is 10.1 Å². The number of nitrogens with two attached hydrogens (primary N) is 1. The van der Waals surface area contributed by atoms with Gasteiger partial charge in [-0.15, -0.1) is 0 Å². The number of nitro benzene ring substituents is 1. The average Bonchev–Trinajstić information content (AvgIpc) is 2.67. The molecule has 0 heterocycles. The Hall–Kier alpha value is -3.87. The van der Waals surface area contributed by atoms with Crippen LogP contribution >= 0.6 is 0 Å². The van der Waals surface area contributed by atoms with Crippen molar-refractivity contribution < 1.29 is 9.66 Å². The maximum absolute atomic E-state index is 11.0. The van der Waals surface area contributed by atoms with E-state index in [9.17, 15) is 10.1 Å². The predicted molar refractivity (Wildman–Crippen MR) is 105 cm³/mol. The van der Waals surface area contributed by atoms with Crippen molar-refractivity contribution in [3.05, 3.63) is 94.5 Å². The Bertz CT molecular complexity index is 958. The van der Waals surface area contributed by atoms with Gasteiger partial charge in [-0.2, -0.15) is 0 Å². The third-order valence-corrected chi connectivity index (χ3v) is 3.69. The molecule has 0 saturated carbocycles. The molecule has 136 valence electrons. The number of guanidine groups is 1. The number of hydrogen-bond donors (Lipinski definition) is 2. The van der Waals surface area contributed by atoms with Gasteiger partial charge in [0, 0.05) is 17.8 Å². The number of ether oxygens (including phenoxy) is 1. The fourth-order valence-corrected chi connectivity index (χ4v) is 2.44. The molecule has 7 heteroatoms. The maximum Gasteiger partial charge on any atom is 0.274 e. The van der Waals surface area contributed by atoms with E-state index < -0.39 is 4.92 Å². The zero-order valence-electron chi connectivity index (χ0n) is 14.4. The first-order valence-corrected chi connectivity index (χ1v) is 8.24. The Morgan fingerprint density at radius 2 is 1.70 bits per heavy atom. The van der Waals surface area contributed by atoms with Crippen LogP contribution in [0.15, 0.2) is 83.9 Å². The first-order valence-electron chi connectivity index (χ1n) is 8.24. The maximum atomic E-state index is 11.0. The Kier molecular flexibility index (Phi) is 5.64. The molecule has 0 aliphatic carbocycles. The van der Waals surface area contributed by atoms with Gasteiger partial charge in [-0.25, -0.2) is 4.99 Å². The topological polar surface area (TPSA) is 103 Å². The molecule has 3 N–H and O–H groups in total. The highest BCUT2D eigenvalue weighted by Crippen LogP contribution is 2.24. The molecule has 3 aromatic carbocycles. The first kappa shape index (κ1) is 17.9. The number of hydrogen-bond acceptors (Lipinski definition) is 4. The number of rotatable bonds is 6. The number of nitrogens with zero attached hydrogens (tertiary/aromatic N) is 2. The van der Waals surface area contributed by atoms with E-state index in [1.54, 1.807) is 24.3 Å².